The molecule has 3 rings (SSSR count). The largest absolute Gasteiger partial charge is 0.362 e. The maximum absolute atomic E-state index is 12.2. The number of amides is 2. The molecule has 0 atom stereocenters. The zero-order valence-corrected chi connectivity index (χ0v) is 15.1. The highest BCUT2D eigenvalue weighted by Crippen LogP contribution is 2.26. The summed E-state index contributed by atoms with van der Waals surface area (Å²) in [6.07, 6.45) is 3.08. The molecule has 5 heteroatoms. The van der Waals surface area contributed by atoms with E-state index in [0.29, 0.717) is 12.8 Å². The summed E-state index contributed by atoms with van der Waals surface area (Å²) < 4.78 is 0. The summed E-state index contributed by atoms with van der Waals surface area (Å²) in [7, 11) is 0. The Bertz CT molecular complexity index is 771. The smallest absolute Gasteiger partial charge is 0.257 e. The van der Waals surface area contributed by atoms with Crippen LogP contribution in [0.2, 0.25) is 0 Å². The molecular weight excluding hydrogens is 326 g/mol. The Morgan fingerprint density at radius 2 is 1.73 bits per heavy atom. The van der Waals surface area contributed by atoms with Gasteiger partial charge in [0.25, 0.3) is 5.91 Å². The van der Waals surface area contributed by atoms with Gasteiger partial charge in [0.05, 0.1) is 6.54 Å². The van der Waals surface area contributed by atoms with Gasteiger partial charge in [-0.3, -0.25) is 20.4 Å². The number of carbonyl (C=O) groups excluding carboxylic acids is 2. The van der Waals surface area contributed by atoms with Crippen molar-refractivity contribution in [2.24, 2.45) is 0 Å². The van der Waals surface area contributed by atoms with E-state index in [-0.39, 0.29) is 18.4 Å². The van der Waals surface area contributed by atoms with E-state index in [0.717, 1.165) is 30.6 Å². The highest BCUT2D eigenvalue weighted by Gasteiger charge is 2.18. The average Bonchev–Trinajstić information content (AvgIpc) is 2.66. The SMILES string of the molecule is Cc1ccc(CCC(=O)NNC(=O)CN2CCCc3ccccc32)cc1. The van der Waals surface area contributed by atoms with Crippen molar-refractivity contribution >= 4 is 17.5 Å². The van der Waals surface area contributed by atoms with Gasteiger partial charge in [-0.1, -0.05) is 48.0 Å². The minimum atomic E-state index is -0.203. The van der Waals surface area contributed by atoms with E-state index in [4.69, 9.17) is 0 Å². The van der Waals surface area contributed by atoms with Crippen molar-refractivity contribution in [2.75, 3.05) is 18.0 Å². The minimum absolute atomic E-state index is 0.182. The fourth-order valence-electron chi connectivity index (χ4n) is 3.20. The van der Waals surface area contributed by atoms with E-state index in [9.17, 15) is 9.59 Å². The maximum atomic E-state index is 12.2. The molecule has 2 aromatic rings. The molecule has 26 heavy (non-hydrogen) atoms. The first-order chi connectivity index (χ1) is 12.6. The van der Waals surface area contributed by atoms with Gasteiger partial charge in [0, 0.05) is 18.7 Å². The van der Waals surface area contributed by atoms with E-state index in [1.807, 2.05) is 49.4 Å². The molecule has 136 valence electrons. The molecule has 2 aromatic carbocycles. The number of hydrazine groups is 1. The van der Waals surface area contributed by atoms with Gasteiger partial charge in [0.2, 0.25) is 5.91 Å². The maximum Gasteiger partial charge on any atom is 0.257 e. The van der Waals surface area contributed by atoms with Crippen molar-refractivity contribution < 1.29 is 9.59 Å². The van der Waals surface area contributed by atoms with Crippen LogP contribution in [0.1, 0.15) is 29.5 Å². The highest BCUT2D eigenvalue weighted by atomic mass is 16.2. The molecule has 5 nitrogen and oxygen atoms in total. The molecule has 0 fully saturated rings. The number of carbonyl (C=O) groups is 2. The van der Waals surface area contributed by atoms with Crippen molar-refractivity contribution in [3.05, 3.63) is 65.2 Å². The first kappa shape index (κ1) is 18.0. The van der Waals surface area contributed by atoms with E-state index >= 15 is 0 Å². The quantitative estimate of drug-likeness (QED) is 0.814. The van der Waals surface area contributed by atoms with E-state index < -0.39 is 0 Å². The molecule has 1 aliphatic heterocycles. The van der Waals surface area contributed by atoms with Gasteiger partial charge in [-0.2, -0.15) is 0 Å². The van der Waals surface area contributed by atoms with Gasteiger partial charge < -0.3 is 4.90 Å². The third-order valence-electron chi connectivity index (χ3n) is 4.64. The molecule has 0 saturated heterocycles. The van der Waals surface area contributed by atoms with Crippen molar-refractivity contribution in [1.29, 1.82) is 0 Å². The number of rotatable bonds is 5. The predicted molar refractivity (Wildman–Crippen MR) is 103 cm³/mol. The zero-order chi connectivity index (χ0) is 18.4. The van der Waals surface area contributed by atoms with Crippen LogP contribution in [0.3, 0.4) is 0 Å². The molecule has 0 spiro atoms. The number of nitrogens with one attached hydrogen (secondary N) is 2. The van der Waals surface area contributed by atoms with Crippen LogP contribution in [0.25, 0.3) is 0 Å². The number of hydrogen-bond donors (Lipinski definition) is 2. The Morgan fingerprint density at radius 1 is 1.00 bits per heavy atom. The molecule has 2 amide bonds. The Hall–Kier alpha value is -2.82. The topological polar surface area (TPSA) is 61.4 Å². The predicted octanol–water partition coefficient (Wildman–Crippen LogP) is 2.53. The second-order valence-corrected chi connectivity index (χ2v) is 6.74. The van der Waals surface area contributed by atoms with Gasteiger partial charge in [-0.05, 0) is 43.4 Å². The molecular formula is C21H25N3O2. The Labute approximate surface area is 154 Å². The molecule has 0 radical (unpaired) electrons. The first-order valence-electron chi connectivity index (χ1n) is 9.08. The highest BCUT2D eigenvalue weighted by molar-refractivity contribution is 5.85. The van der Waals surface area contributed by atoms with E-state index in [1.54, 1.807) is 0 Å². The molecule has 0 aliphatic carbocycles. The summed E-state index contributed by atoms with van der Waals surface area (Å²) in [6, 6.07) is 16.3. The van der Waals surface area contributed by atoms with Crippen LogP contribution >= 0.6 is 0 Å². The lowest BCUT2D eigenvalue weighted by molar-refractivity contribution is -0.128. The fourth-order valence-corrected chi connectivity index (χ4v) is 3.20. The third-order valence-corrected chi connectivity index (χ3v) is 4.64. The molecule has 0 bridgehead atoms. The Morgan fingerprint density at radius 3 is 2.54 bits per heavy atom. The molecule has 1 heterocycles. The summed E-state index contributed by atoms with van der Waals surface area (Å²) in [5.74, 6) is -0.386. The number of anilines is 1. The lowest BCUT2D eigenvalue weighted by Crippen LogP contribution is -2.47. The summed E-state index contributed by atoms with van der Waals surface area (Å²) in [5, 5.41) is 0. The average molecular weight is 351 g/mol. The van der Waals surface area contributed by atoms with Gasteiger partial charge in [-0.15, -0.1) is 0 Å². The van der Waals surface area contributed by atoms with Crippen LogP contribution in [0.15, 0.2) is 48.5 Å². The number of nitrogens with zero attached hydrogens (tertiary/aromatic N) is 1. The molecule has 1 aliphatic rings. The lowest BCUT2D eigenvalue weighted by atomic mass is 10.0. The van der Waals surface area contributed by atoms with Crippen LogP contribution < -0.4 is 15.8 Å². The molecule has 0 unspecified atom stereocenters. The van der Waals surface area contributed by atoms with Crippen molar-refractivity contribution in [3.8, 4) is 0 Å². The van der Waals surface area contributed by atoms with Crippen molar-refractivity contribution in [2.45, 2.75) is 32.6 Å². The van der Waals surface area contributed by atoms with Crippen LogP contribution in [0.5, 0.6) is 0 Å². The second-order valence-electron chi connectivity index (χ2n) is 6.74. The lowest BCUT2D eigenvalue weighted by Gasteiger charge is -2.30. The molecule has 0 aromatic heterocycles. The summed E-state index contributed by atoms with van der Waals surface area (Å²) >= 11 is 0. The van der Waals surface area contributed by atoms with Crippen LogP contribution in [0, 0.1) is 6.92 Å². The first-order valence-corrected chi connectivity index (χ1v) is 9.08. The van der Waals surface area contributed by atoms with E-state index in [2.05, 4.69) is 21.8 Å². The number of aryl methyl sites for hydroxylation is 3. The Balaban J connectivity index is 1.43. The van der Waals surface area contributed by atoms with E-state index in [1.165, 1.54) is 11.1 Å². The number of para-hydroxylation sites is 1. The third kappa shape index (κ3) is 4.85. The summed E-state index contributed by atoms with van der Waals surface area (Å²) in [6.45, 7) is 3.13. The summed E-state index contributed by atoms with van der Waals surface area (Å²) in [5.41, 5.74) is 9.73. The van der Waals surface area contributed by atoms with Crippen LogP contribution in [-0.4, -0.2) is 24.9 Å². The van der Waals surface area contributed by atoms with Gasteiger partial charge in [0.15, 0.2) is 0 Å². The summed E-state index contributed by atoms with van der Waals surface area (Å²) in [4.78, 5) is 26.2. The number of hydrogen-bond acceptors (Lipinski definition) is 3. The Kier molecular flexibility index (Phi) is 5.89. The number of fused-ring (bicyclic) bond motifs is 1. The van der Waals surface area contributed by atoms with Gasteiger partial charge in [-0.25, -0.2) is 0 Å². The zero-order valence-electron chi connectivity index (χ0n) is 15.1. The second kappa shape index (κ2) is 8.52. The fraction of sp³-hybridized carbons (Fsp3) is 0.333. The van der Waals surface area contributed by atoms with Crippen LogP contribution in [0.4, 0.5) is 5.69 Å². The van der Waals surface area contributed by atoms with Gasteiger partial charge >= 0.3 is 0 Å². The van der Waals surface area contributed by atoms with Crippen LogP contribution in [-0.2, 0) is 22.4 Å². The monoisotopic (exact) mass is 351 g/mol. The molecule has 0 saturated carbocycles. The number of benzene rings is 2. The van der Waals surface area contributed by atoms with Crippen molar-refractivity contribution in [3.63, 3.8) is 0 Å². The molecule has 2 N–H and O–H groups in total. The minimum Gasteiger partial charge on any atom is -0.362 e. The van der Waals surface area contributed by atoms with Gasteiger partial charge in [0.1, 0.15) is 0 Å². The normalized spacial score (nSPS) is 13.0. The van der Waals surface area contributed by atoms with Crippen molar-refractivity contribution in [1.82, 2.24) is 10.9 Å². The standard InChI is InChI=1S/C21H25N3O2/c1-16-8-10-17(11-9-16)12-13-20(25)22-23-21(26)15-24-14-4-6-18-5-2-3-7-19(18)24/h2-3,5,7-11H,4,6,12-15H2,1H3,(H,22,25)(H,23,26).